The van der Waals surface area contributed by atoms with Crippen molar-refractivity contribution in [1.82, 2.24) is 0 Å². The molecule has 0 heterocycles. The Morgan fingerprint density at radius 3 is 2.28 bits per heavy atom. The van der Waals surface area contributed by atoms with Crippen molar-refractivity contribution in [3.05, 3.63) is 35.1 Å². The molecule has 0 aliphatic carbocycles. The van der Waals surface area contributed by atoms with Gasteiger partial charge in [-0.25, -0.2) is 4.39 Å². The number of hydrogen-bond donors (Lipinski definition) is 0. The van der Waals surface area contributed by atoms with Gasteiger partial charge in [-0.05, 0) is 57.9 Å². The number of aryl methyl sites for hydroxylation is 1. The first-order valence-corrected chi connectivity index (χ1v) is 8.59. The molecule has 0 fully saturated rings. The fourth-order valence-electron chi connectivity index (χ4n) is 2.52. The topological polar surface area (TPSA) is 52.6 Å². The molecule has 0 unspecified atom stereocenters. The van der Waals surface area contributed by atoms with Crippen LogP contribution in [0, 0.1) is 18.7 Å². The summed E-state index contributed by atoms with van der Waals surface area (Å²) in [6.07, 6.45) is -0.412. The van der Waals surface area contributed by atoms with Gasteiger partial charge in [0, 0.05) is 5.92 Å². The van der Waals surface area contributed by atoms with E-state index in [-0.39, 0.29) is 18.2 Å². The van der Waals surface area contributed by atoms with Crippen LogP contribution in [0.2, 0.25) is 0 Å². The highest BCUT2D eigenvalue weighted by Gasteiger charge is 2.26. The van der Waals surface area contributed by atoms with E-state index in [9.17, 15) is 14.0 Å². The second kappa shape index (κ2) is 8.45. The Bertz CT molecular complexity index is 619. The molecule has 1 aromatic carbocycles. The molecule has 25 heavy (non-hydrogen) atoms. The second-order valence-electron chi connectivity index (χ2n) is 7.62. The maximum absolute atomic E-state index is 13.2. The van der Waals surface area contributed by atoms with Gasteiger partial charge in [0.15, 0.2) is 0 Å². The molecule has 0 aromatic heterocycles. The summed E-state index contributed by atoms with van der Waals surface area (Å²) in [6.45, 7) is 12.5. The van der Waals surface area contributed by atoms with E-state index in [1.807, 2.05) is 13.8 Å². The van der Waals surface area contributed by atoms with E-state index in [1.54, 1.807) is 40.7 Å². The number of hydrogen-bond acceptors (Lipinski definition) is 4. The monoisotopic (exact) mass is 352 g/mol. The van der Waals surface area contributed by atoms with Crippen molar-refractivity contribution in [2.45, 2.75) is 72.5 Å². The van der Waals surface area contributed by atoms with E-state index in [4.69, 9.17) is 9.47 Å². The largest absolute Gasteiger partial charge is 0.462 e. The summed E-state index contributed by atoms with van der Waals surface area (Å²) < 4.78 is 24.0. The first kappa shape index (κ1) is 21.1. The minimum absolute atomic E-state index is 0.0211. The zero-order valence-corrected chi connectivity index (χ0v) is 16.2. The summed E-state index contributed by atoms with van der Waals surface area (Å²) >= 11 is 0. The Balaban J connectivity index is 2.64. The van der Waals surface area contributed by atoms with Gasteiger partial charge in [-0.2, -0.15) is 0 Å². The van der Waals surface area contributed by atoms with Crippen molar-refractivity contribution in [3.63, 3.8) is 0 Å². The third-order valence-electron chi connectivity index (χ3n) is 4.02. The molecule has 0 amide bonds. The number of esters is 2. The Hall–Kier alpha value is -1.91. The normalized spacial score (nSPS) is 15.2. The van der Waals surface area contributed by atoms with Crippen molar-refractivity contribution in [2.24, 2.45) is 5.92 Å². The van der Waals surface area contributed by atoms with E-state index in [1.165, 1.54) is 12.1 Å². The number of ether oxygens (including phenoxy) is 2. The number of carbonyl (C=O) groups excluding carboxylic acids is 2. The molecule has 5 heteroatoms. The summed E-state index contributed by atoms with van der Waals surface area (Å²) in [6, 6.07) is 4.58. The number of halogens is 1. The average Bonchev–Trinajstić information content (AvgIpc) is 2.44. The zero-order chi connectivity index (χ0) is 19.4. The molecular weight excluding hydrogens is 323 g/mol. The Morgan fingerprint density at radius 1 is 1.16 bits per heavy atom. The number of benzene rings is 1. The molecule has 0 spiro atoms. The lowest BCUT2D eigenvalue weighted by Gasteiger charge is -2.24. The SMILES string of the molecule is Cc1cc(F)ccc1[C@@H](C)[C@H](C)OC(=O)[C@H](C)CC(=O)OC(C)(C)C. The maximum Gasteiger partial charge on any atom is 0.309 e. The molecule has 1 aromatic rings. The number of rotatable bonds is 6. The lowest BCUT2D eigenvalue weighted by atomic mass is 9.92. The average molecular weight is 352 g/mol. The third-order valence-corrected chi connectivity index (χ3v) is 4.02. The first-order chi connectivity index (χ1) is 11.4. The summed E-state index contributed by atoms with van der Waals surface area (Å²) in [5.74, 6) is -1.82. The maximum atomic E-state index is 13.2. The summed E-state index contributed by atoms with van der Waals surface area (Å²) in [5.41, 5.74) is 1.17. The van der Waals surface area contributed by atoms with Gasteiger partial charge >= 0.3 is 11.9 Å². The van der Waals surface area contributed by atoms with Crippen LogP contribution in [-0.2, 0) is 19.1 Å². The van der Waals surface area contributed by atoms with Gasteiger partial charge in [0.05, 0.1) is 12.3 Å². The van der Waals surface area contributed by atoms with Crippen LogP contribution >= 0.6 is 0 Å². The van der Waals surface area contributed by atoms with E-state index >= 15 is 0 Å². The molecule has 0 aliphatic rings. The molecule has 140 valence electrons. The van der Waals surface area contributed by atoms with Crippen molar-refractivity contribution >= 4 is 11.9 Å². The predicted molar refractivity (Wildman–Crippen MR) is 94.7 cm³/mol. The van der Waals surface area contributed by atoms with Crippen molar-refractivity contribution in [2.75, 3.05) is 0 Å². The van der Waals surface area contributed by atoms with Crippen molar-refractivity contribution < 1.29 is 23.5 Å². The smallest absolute Gasteiger partial charge is 0.309 e. The molecule has 0 N–H and O–H groups in total. The van der Waals surface area contributed by atoms with Crippen LogP contribution in [0.1, 0.15) is 65.0 Å². The number of carbonyl (C=O) groups is 2. The van der Waals surface area contributed by atoms with Gasteiger partial charge in [-0.15, -0.1) is 0 Å². The van der Waals surface area contributed by atoms with Gasteiger partial charge in [-0.1, -0.05) is 19.9 Å². The van der Waals surface area contributed by atoms with Gasteiger partial charge in [0.25, 0.3) is 0 Å². The van der Waals surface area contributed by atoms with Crippen LogP contribution in [0.3, 0.4) is 0 Å². The van der Waals surface area contributed by atoms with Crippen molar-refractivity contribution in [3.8, 4) is 0 Å². The van der Waals surface area contributed by atoms with E-state index in [0.29, 0.717) is 0 Å². The molecule has 0 radical (unpaired) electrons. The summed E-state index contributed by atoms with van der Waals surface area (Å²) in [7, 11) is 0. The minimum Gasteiger partial charge on any atom is -0.462 e. The third kappa shape index (κ3) is 6.85. The van der Waals surface area contributed by atoms with Gasteiger partial charge < -0.3 is 9.47 Å². The summed E-state index contributed by atoms with van der Waals surface area (Å²) in [4.78, 5) is 24.1. The van der Waals surface area contributed by atoms with Crippen LogP contribution in [0.25, 0.3) is 0 Å². The molecule has 4 nitrogen and oxygen atoms in total. The highest BCUT2D eigenvalue weighted by molar-refractivity contribution is 5.79. The van der Waals surface area contributed by atoms with Crippen LogP contribution in [0.5, 0.6) is 0 Å². The van der Waals surface area contributed by atoms with E-state index in [0.717, 1.165) is 11.1 Å². The van der Waals surface area contributed by atoms with Gasteiger partial charge in [0.2, 0.25) is 0 Å². The van der Waals surface area contributed by atoms with Crippen LogP contribution in [0.15, 0.2) is 18.2 Å². The minimum atomic E-state index is -0.584. The fourth-order valence-corrected chi connectivity index (χ4v) is 2.52. The summed E-state index contributed by atoms with van der Waals surface area (Å²) in [5, 5.41) is 0. The Kier molecular flexibility index (Phi) is 7.15. The van der Waals surface area contributed by atoms with E-state index in [2.05, 4.69) is 0 Å². The zero-order valence-electron chi connectivity index (χ0n) is 16.2. The lowest BCUT2D eigenvalue weighted by molar-refractivity contribution is -0.163. The molecular formula is C20H29FO4. The van der Waals surface area contributed by atoms with E-state index < -0.39 is 29.6 Å². The quantitative estimate of drug-likeness (QED) is 0.706. The fraction of sp³-hybridized carbons (Fsp3) is 0.600. The molecule has 0 saturated heterocycles. The van der Waals surface area contributed by atoms with Crippen LogP contribution in [0.4, 0.5) is 4.39 Å². The predicted octanol–water partition coefficient (Wildman–Crippen LogP) is 4.54. The second-order valence-corrected chi connectivity index (χ2v) is 7.62. The first-order valence-electron chi connectivity index (χ1n) is 8.59. The highest BCUT2D eigenvalue weighted by Crippen LogP contribution is 2.26. The van der Waals surface area contributed by atoms with Gasteiger partial charge in [-0.3, -0.25) is 9.59 Å². The standard InChI is InChI=1S/C20H29FO4/c1-12-10-16(21)8-9-17(12)14(3)15(4)24-19(23)13(2)11-18(22)25-20(5,6)7/h8-10,13-15H,11H2,1-7H3/t13-,14+,15+/m1/s1. The van der Waals surface area contributed by atoms with Crippen LogP contribution in [-0.4, -0.2) is 23.6 Å². The highest BCUT2D eigenvalue weighted by atomic mass is 19.1. The van der Waals surface area contributed by atoms with Crippen LogP contribution < -0.4 is 0 Å². The molecule has 3 atom stereocenters. The molecule has 0 bridgehead atoms. The van der Waals surface area contributed by atoms with Gasteiger partial charge in [0.1, 0.15) is 17.5 Å². The lowest BCUT2D eigenvalue weighted by Crippen LogP contribution is -2.29. The molecule has 1 rings (SSSR count). The molecule has 0 aliphatic heterocycles. The molecule has 0 saturated carbocycles. The van der Waals surface area contributed by atoms with Crippen molar-refractivity contribution in [1.29, 1.82) is 0 Å². The Morgan fingerprint density at radius 2 is 1.76 bits per heavy atom. The Labute approximate surface area is 149 Å².